The van der Waals surface area contributed by atoms with Crippen LogP contribution >= 0.6 is 11.3 Å². The molecule has 23 heavy (non-hydrogen) atoms. The number of rotatable bonds is 6. The molecule has 0 radical (unpaired) electrons. The molecule has 2 aromatic rings. The molecule has 0 aromatic carbocycles. The maximum atomic E-state index is 12.5. The highest BCUT2D eigenvalue weighted by molar-refractivity contribution is 7.07. The average Bonchev–Trinajstić information content (AvgIpc) is 3.40. The zero-order chi connectivity index (χ0) is 15.8. The van der Waals surface area contributed by atoms with E-state index in [-0.39, 0.29) is 5.91 Å². The van der Waals surface area contributed by atoms with E-state index in [1.54, 1.807) is 17.4 Å². The van der Waals surface area contributed by atoms with Gasteiger partial charge in [-0.2, -0.15) is 11.3 Å². The number of amides is 1. The van der Waals surface area contributed by atoms with Gasteiger partial charge in [-0.15, -0.1) is 0 Å². The second-order valence-corrected chi connectivity index (χ2v) is 7.50. The summed E-state index contributed by atoms with van der Waals surface area (Å²) in [5.41, 5.74) is 1.21. The molecule has 3 nitrogen and oxygen atoms in total. The van der Waals surface area contributed by atoms with Crippen LogP contribution in [0, 0.1) is 5.92 Å². The van der Waals surface area contributed by atoms with Gasteiger partial charge >= 0.3 is 0 Å². The molecule has 0 N–H and O–H groups in total. The van der Waals surface area contributed by atoms with Crippen molar-refractivity contribution in [3.63, 3.8) is 0 Å². The Morgan fingerprint density at radius 3 is 2.87 bits per heavy atom. The Labute approximate surface area is 140 Å². The van der Waals surface area contributed by atoms with Crippen LogP contribution in [0.3, 0.4) is 0 Å². The van der Waals surface area contributed by atoms with E-state index in [9.17, 15) is 4.79 Å². The molecule has 120 valence electrons. The first kappa shape index (κ1) is 14.8. The van der Waals surface area contributed by atoms with Crippen molar-refractivity contribution in [1.29, 1.82) is 0 Å². The molecule has 2 saturated carbocycles. The smallest absolute Gasteiger partial charge is 0.247 e. The SMILES string of the molecule is CC1CC1c1ccc(/C=C/C(=O)N(Cc2ccsc2)C2CC2)o1. The molecule has 0 spiro atoms. The Morgan fingerprint density at radius 2 is 2.22 bits per heavy atom. The molecular weight excluding hydrogens is 306 g/mol. The molecule has 4 rings (SSSR count). The topological polar surface area (TPSA) is 33.5 Å². The molecule has 1 amide bonds. The summed E-state index contributed by atoms with van der Waals surface area (Å²) in [4.78, 5) is 14.5. The van der Waals surface area contributed by atoms with Crippen LogP contribution in [0.2, 0.25) is 0 Å². The number of hydrogen-bond donors (Lipinski definition) is 0. The maximum Gasteiger partial charge on any atom is 0.247 e. The zero-order valence-corrected chi connectivity index (χ0v) is 14.1. The summed E-state index contributed by atoms with van der Waals surface area (Å²) >= 11 is 1.68. The van der Waals surface area contributed by atoms with Crippen molar-refractivity contribution >= 4 is 23.3 Å². The lowest BCUT2D eigenvalue weighted by Gasteiger charge is -2.20. The van der Waals surface area contributed by atoms with Crippen molar-refractivity contribution in [2.45, 2.75) is 44.7 Å². The highest BCUT2D eigenvalue weighted by Gasteiger charge is 2.36. The second kappa shape index (κ2) is 6.00. The Hall–Kier alpha value is -1.81. The molecule has 2 heterocycles. The Morgan fingerprint density at radius 1 is 1.39 bits per heavy atom. The monoisotopic (exact) mass is 327 g/mol. The quantitative estimate of drug-likeness (QED) is 0.723. The minimum atomic E-state index is 0.0800. The second-order valence-electron chi connectivity index (χ2n) is 6.72. The standard InChI is InChI=1S/C19H21NO2S/c1-13-10-17(13)18-6-4-16(22-18)5-7-19(21)20(15-2-3-15)11-14-8-9-23-12-14/h4-9,12-13,15,17H,2-3,10-11H2,1H3/b7-5+. The van der Waals surface area contributed by atoms with Crippen LogP contribution in [0.25, 0.3) is 6.08 Å². The molecule has 4 heteroatoms. The van der Waals surface area contributed by atoms with Crippen LogP contribution in [-0.4, -0.2) is 16.8 Å². The lowest BCUT2D eigenvalue weighted by Crippen LogP contribution is -2.30. The number of thiophene rings is 1. The van der Waals surface area contributed by atoms with Gasteiger partial charge in [0.15, 0.2) is 0 Å². The normalized spacial score (nSPS) is 23.3. The molecule has 2 aliphatic carbocycles. The van der Waals surface area contributed by atoms with Crippen molar-refractivity contribution < 1.29 is 9.21 Å². The molecule has 0 saturated heterocycles. The van der Waals surface area contributed by atoms with Gasteiger partial charge in [0, 0.05) is 24.6 Å². The highest BCUT2D eigenvalue weighted by Crippen LogP contribution is 2.47. The third kappa shape index (κ3) is 3.42. The summed E-state index contributed by atoms with van der Waals surface area (Å²) in [5, 5.41) is 4.17. The van der Waals surface area contributed by atoms with Gasteiger partial charge in [0.1, 0.15) is 11.5 Å². The van der Waals surface area contributed by atoms with Gasteiger partial charge in [-0.3, -0.25) is 4.79 Å². The summed E-state index contributed by atoms with van der Waals surface area (Å²) in [6.45, 7) is 2.95. The zero-order valence-electron chi connectivity index (χ0n) is 13.3. The van der Waals surface area contributed by atoms with E-state index in [2.05, 4.69) is 23.8 Å². The highest BCUT2D eigenvalue weighted by atomic mass is 32.1. The Bertz CT molecular complexity index is 712. The van der Waals surface area contributed by atoms with E-state index in [0.717, 1.165) is 30.3 Å². The van der Waals surface area contributed by atoms with Gasteiger partial charge in [0.2, 0.25) is 5.91 Å². The summed E-state index contributed by atoms with van der Waals surface area (Å²) in [6, 6.07) is 6.51. The average molecular weight is 327 g/mol. The van der Waals surface area contributed by atoms with Gasteiger partial charge in [0.25, 0.3) is 0 Å². The van der Waals surface area contributed by atoms with E-state index in [4.69, 9.17) is 4.42 Å². The summed E-state index contributed by atoms with van der Waals surface area (Å²) < 4.78 is 5.83. The molecule has 2 unspecified atom stereocenters. The first-order chi connectivity index (χ1) is 11.2. The van der Waals surface area contributed by atoms with Gasteiger partial charge in [-0.05, 0) is 65.8 Å². The summed E-state index contributed by atoms with van der Waals surface area (Å²) in [5.74, 6) is 3.22. The first-order valence-electron chi connectivity index (χ1n) is 8.30. The van der Waals surface area contributed by atoms with Crippen LogP contribution < -0.4 is 0 Å². The lowest BCUT2D eigenvalue weighted by atomic mass is 10.2. The fraction of sp³-hybridized carbons (Fsp3) is 0.421. The largest absolute Gasteiger partial charge is 0.461 e. The lowest BCUT2D eigenvalue weighted by molar-refractivity contribution is -0.127. The summed E-state index contributed by atoms with van der Waals surface area (Å²) in [7, 11) is 0. The van der Waals surface area contributed by atoms with E-state index in [0.29, 0.717) is 18.5 Å². The van der Waals surface area contributed by atoms with Crippen LogP contribution in [0.5, 0.6) is 0 Å². The van der Waals surface area contributed by atoms with E-state index >= 15 is 0 Å². The van der Waals surface area contributed by atoms with Crippen LogP contribution in [0.1, 0.15) is 49.2 Å². The fourth-order valence-electron chi connectivity index (χ4n) is 2.98. The molecule has 0 aliphatic heterocycles. The maximum absolute atomic E-state index is 12.5. The van der Waals surface area contributed by atoms with Gasteiger partial charge < -0.3 is 9.32 Å². The number of hydrogen-bond acceptors (Lipinski definition) is 3. The van der Waals surface area contributed by atoms with Gasteiger partial charge in [-0.1, -0.05) is 6.92 Å². The van der Waals surface area contributed by atoms with Gasteiger partial charge in [0.05, 0.1) is 0 Å². The van der Waals surface area contributed by atoms with Crippen LogP contribution in [0.15, 0.2) is 39.5 Å². The van der Waals surface area contributed by atoms with E-state index in [1.165, 1.54) is 12.0 Å². The Kier molecular flexibility index (Phi) is 3.85. The van der Waals surface area contributed by atoms with Crippen LogP contribution in [-0.2, 0) is 11.3 Å². The third-order valence-corrected chi connectivity index (χ3v) is 5.45. The molecular formula is C19H21NO2S. The minimum Gasteiger partial charge on any atom is -0.461 e. The van der Waals surface area contributed by atoms with Crippen molar-refractivity contribution in [2.24, 2.45) is 5.92 Å². The first-order valence-corrected chi connectivity index (χ1v) is 9.24. The fourth-order valence-corrected chi connectivity index (χ4v) is 3.64. The third-order valence-electron chi connectivity index (χ3n) is 4.72. The Balaban J connectivity index is 1.41. The molecule has 2 fully saturated rings. The van der Waals surface area contributed by atoms with Crippen molar-refractivity contribution in [3.05, 3.63) is 52.1 Å². The summed E-state index contributed by atoms with van der Waals surface area (Å²) in [6.07, 6.45) is 6.92. The van der Waals surface area contributed by atoms with Crippen molar-refractivity contribution in [1.82, 2.24) is 4.90 Å². The molecule has 0 bridgehead atoms. The number of carbonyl (C=O) groups excluding carboxylic acids is 1. The predicted octanol–water partition coefficient (Wildman–Crippen LogP) is 4.67. The van der Waals surface area contributed by atoms with Crippen molar-refractivity contribution in [3.8, 4) is 0 Å². The predicted molar refractivity (Wildman–Crippen MR) is 92.2 cm³/mol. The minimum absolute atomic E-state index is 0.0800. The van der Waals surface area contributed by atoms with E-state index < -0.39 is 0 Å². The number of furan rings is 1. The molecule has 2 atom stereocenters. The number of carbonyl (C=O) groups is 1. The molecule has 2 aromatic heterocycles. The van der Waals surface area contributed by atoms with Gasteiger partial charge in [-0.25, -0.2) is 0 Å². The van der Waals surface area contributed by atoms with Crippen LogP contribution in [0.4, 0.5) is 0 Å². The van der Waals surface area contributed by atoms with E-state index in [1.807, 2.05) is 23.1 Å². The molecule has 2 aliphatic rings. The number of nitrogens with zero attached hydrogens (tertiary/aromatic N) is 1. The van der Waals surface area contributed by atoms with Crippen molar-refractivity contribution in [2.75, 3.05) is 0 Å².